The second-order valence-electron chi connectivity index (χ2n) is 8.25. The van der Waals surface area contributed by atoms with Crippen LogP contribution in [0.2, 0.25) is 0 Å². The summed E-state index contributed by atoms with van der Waals surface area (Å²) < 4.78 is 26.8. The third kappa shape index (κ3) is 11.2. The van der Waals surface area contributed by atoms with Gasteiger partial charge in [-0.05, 0) is 42.0 Å². The van der Waals surface area contributed by atoms with Crippen LogP contribution in [0.4, 0.5) is 0 Å². The summed E-state index contributed by atoms with van der Waals surface area (Å²) in [6, 6.07) is 10.9. The number of esters is 1. The van der Waals surface area contributed by atoms with Gasteiger partial charge in [-0.1, -0.05) is 0 Å². The van der Waals surface area contributed by atoms with Crippen LogP contribution in [0, 0.1) is 0 Å². The van der Waals surface area contributed by atoms with Gasteiger partial charge in [0.25, 0.3) is 0 Å². The minimum Gasteiger partial charge on any atom is -0.497 e. The summed E-state index contributed by atoms with van der Waals surface area (Å²) in [7, 11) is 6.43. The highest BCUT2D eigenvalue weighted by Gasteiger charge is 2.21. The number of carbonyl (C=O) groups is 3. The van der Waals surface area contributed by atoms with Gasteiger partial charge < -0.3 is 39.4 Å². The Morgan fingerprint density at radius 1 is 0.750 bits per heavy atom. The van der Waals surface area contributed by atoms with Crippen LogP contribution in [0.5, 0.6) is 28.7 Å². The van der Waals surface area contributed by atoms with Gasteiger partial charge in [-0.2, -0.15) is 0 Å². The van der Waals surface area contributed by atoms with Crippen molar-refractivity contribution in [1.29, 1.82) is 0 Å². The first-order chi connectivity index (χ1) is 18.7. The molecule has 1 heterocycles. The van der Waals surface area contributed by atoms with Crippen molar-refractivity contribution in [3.8, 4) is 28.7 Å². The first-order valence-corrected chi connectivity index (χ1v) is 11.9. The molecule has 4 N–H and O–H groups in total. The lowest BCUT2D eigenvalue weighted by atomic mass is 10.1. The standard InChI is InChI=1S/C23H30N2O6.C4H4O4.H2O/c1-27-18-5-7-19(8-6-18)31-22(26)16-25-11-9-24(10-12-25)15-17-13-20(28-2)23(30-4)21(14-17)29-3;5-3(6)1-2-4(7)8;/h5-8,13-14H,9-12,15-16H2,1-4H3;1-2H,(H,5,6)(H,7,8);1H2/b;2-1+;. The Morgan fingerprint density at radius 3 is 1.65 bits per heavy atom. The van der Waals surface area contributed by atoms with Gasteiger partial charge >= 0.3 is 17.9 Å². The molecule has 0 saturated carbocycles. The molecule has 1 saturated heterocycles. The van der Waals surface area contributed by atoms with E-state index < -0.39 is 11.9 Å². The molecule has 40 heavy (non-hydrogen) atoms. The van der Waals surface area contributed by atoms with Crippen LogP contribution in [0.3, 0.4) is 0 Å². The van der Waals surface area contributed by atoms with E-state index in [2.05, 4.69) is 9.80 Å². The van der Waals surface area contributed by atoms with Crippen molar-refractivity contribution in [3.63, 3.8) is 0 Å². The number of nitrogens with zero attached hydrogens (tertiary/aromatic N) is 2. The molecular formula is C27H36N2O11. The Morgan fingerprint density at radius 2 is 1.23 bits per heavy atom. The Labute approximate surface area is 232 Å². The van der Waals surface area contributed by atoms with Gasteiger partial charge in [-0.25, -0.2) is 9.59 Å². The quantitative estimate of drug-likeness (QED) is 0.228. The minimum atomic E-state index is -1.26. The van der Waals surface area contributed by atoms with E-state index in [1.807, 2.05) is 12.1 Å². The molecule has 2 aromatic carbocycles. The number of hydrogen-bond acceptors (Lipinski definition) is 10. The van der Waals surface area contributed by atoms with Crippen molar-refractivity contribution < 1.29 is 53.8 Å². The Kier molecular flexibility index (Phi) is 14.6. The molecule has 0 bridgehead atoms. The van der Waals surface area contributed by atoms with Crippen LogP contribution in [0.15, 0.2) is 48.6 Å². The van der Waals surface area contributed by atoms with Crippen molar-refractivity contribution in [3.05, 3.63) is 54.1 Å². The highest BCUT2D eigenvalue weighted by Crippen LogP contribution is 2.38. The van der Waals surface area contributed by atoms with Crippen LogP contribution >= 0.6 is 0 Å². The first kappa shape index (κ1) is 33.7. The van der Waals surface area contributed by atoms with Gasteiger partial charge in [-0.15, -0.1) is 0 Å². The lowest BCUT2D eigenvalue weighted by molar-refractivity contribution is -0.136. The molecule has 0 aromatic heterocycles. The molecule has 13 nitrogen and oxygen atoms in total. The molecule has 3 rings (SSSR count). The molecule has 0 amide bonds. The summed E-state index contributed by atoms with van der Waals surface area (Å²) in [5.74, 6) is 0.361. The summed E-state index contributed by atoms with van der Waals surface area (Å²) in [6.07, 6.45) is 1.12. The van der Waals surface area contributed by atoms with Crippen LogP contribution in [-0.4, -0.2) is 105 Å². The zero-order valence-electron chi connectivity index (χ0n) is 22.9. The van der Waals surface area contributed by atoms with Gasteiger partial charge in [0.05, 0.1) is 35.0 Å². The highest BCUT2D eigenvalue weighted by molar-refractivity contribution is 5.89. The maximum Gasteiger partial charge on any atom is 0.328 e. The molecular weight excluding hydrogens is 528 g/mol. The van der Waals surface area contributed by atoms with E-state index in [0.29, 0.717) is 35.2 Å². The van der Waals surface area contributed by atoms with Gasteiger partial charge in [-0.3, -0.25) is 14.6 Å². The zero-order valence-corrected chi connectivity index (χ0v) is 22.9. The van der Waals surface area contributed by atoms with E-state index in [9.17, 15) is 14.4 Å². The van der Waals surface area contributed by atoms with Crippen molar-refractivity contribution in [2.24, 2.45) is 0 Å². The van der Waals surface area contributed by atoms with Crippen molar-refractivity contribution in [2.75, 3.05) is 61.2 Å². The van der Waals surface area contributed by atoms with Crippen molar-refractivity contribution in [1.82, 2.24) is 9.80 Å². The summed E-state index contributed by atoms with van der Waals surface area (Å²) in [4.78, 5) is 35.8. The van der Waals surface area contributed by atoms with Crippen LogP contribution in [-0.2, 0) is 20.9 Å². The highest BCUT2D eigenvalue weighted by atomic mass is 16.5. The fraction of sp³-hybridized carbons (Fsp3) is 0.370. The molecule has 13 heteroatoms. The van der Waals surface area contributed by atoms with Gasteiger partial charge in [0.1, 0.15) is 11.5 Å². The van der Waals surface area contributed by atoms with E-state index in [1.54, 1.807) is 52.7 Å². The SMILES string of the molecule is COc1ccc(OC(=O)CN2CCN(Cc3cc(OC)c(OC)c(OC)c3)CC2)cc1.O.O=C(O)/C=C/C(=O)O. The molecule has 220 valence electrons. The fourth-order valence-corrected chi connectivity index (χ4v) is 3.72. The second kappa shape index (κ2) is 17.3. The number of aliphatic carboxylic acids is 2. The third-order valence-corrected chi connectivity index (χ3v) is 5.61. The molecule has 0 unspecified atom stereocenters. The maximum atomic E-state index is 12.3. The summed E-state index contributed by atoms with van der Waals surface area (Å²) in [6.45, 7) is 4.33. The molecule has 0 atom stereocenters. The number of methoxy groups -OCH3 is 4. The number of piperazine rings is 1. The predicted octanol–water partition coefficient (Wildman–Crippen LogP) is 1.33. The average Bonchev–Trinajstić information content (AvgIpc) is 2.93. The lowest BCUT2D eigenvalue weighted by Gasteiger charge is -2.34. The number of carboxylic acid groups (broad SMARTS) is 2. The zero-order chi connectivity index (χ0) is 28.8. The Hall–Kier alpha value is -4.33. The number of carboxylic acids is 2. The Balaban J connectivity index is 0.000000777. The summed E-state index contributed by atoms with van der Waals surface area (Å²) >= 11 is 0. The monoisotopic (exact) mass is 564 g/mol. The van der Waals surface area contributed by atoms with E-state index >= 15 is 0 Å². The first-order valence-electron chi connectivity index (χ1n) is 11.9. The van der Waals surface area contributed by atoms with Crippen LogP contribution in [0.1, 0.15) is 5.56 Å². The molecule has 1 fully saturated rings. The van der Waals surface area contributed by atoms with E-state index in [-0.39, 0.29) is 18.0 Å². The van der Waals surface area contributed by atoms with Crippen molar-refractivity contribution in [2.45, 2.75) is 6.54 Å². The molecule has 2 aromatic rings. The number of benzene rings is 2. The smallest absolute Gasteiger partial charge is 0.328 e. The molecule has 0 radical (unpaired) electrons. The van der Waals surface area contributed by atoms with E-state index in [0.717, 1.165) is 44.0 Å². The average molecular weight is 565 g/mol. The normalized spacial score (nSPS) is 13.3. The Bertz CT molecular complexity index is 1090. The number of ether oxygens (including phenoxy) is 5. The lowest BCUT2D eigenvalue weighted by Crippen LogP contribution is -2.48. The topological polar surface area (TPSA) is 176 Å². The van der Waals surface area contributed by atoms with E-state index in [1.165, 1.54) is 0 Å². The van der Waals surface area contributed by atoms with Gasteiger partial charge in [0.15, 0.2) is 11.5 Å². The summed E-state index contributed by atoms with van der Waals surface area (Å²) in [5, 5.41) is 15.6. The third-order valence-electron chi connectivity index (χ3n) is 5.61. The molecule has 1 aliphatic heterocycles. The van der Waals surface area contributed by atoms with Gasteiger partial charge in [0.2, 0.25) is 5.75 Å². The van der Waals surface area contributed by atoms with Gasteiger partial charge in [0, 0.05) is 44.9 Å². The predicted molar refractivity (Wildman–Crippen MR) is 144 cm³/mol. The molecule has 1 aliphatic rings. The number of hydrogen-bond donors (Lipinski definition) is 2. The number of carbonyl (C=O) groups excluding carboxylic acids is 1. The molecule has 0 spiro atoms. The fourth-order valence-electron chi connectivity index (χ4n) is 3.72. The molecule has 0 aliphatic carbocycles. The maximum absolute atomic E-state index is 12.3. The van der Waals surface area contributed by atoms with Crippen LogP contribution < -0.4 is 23.7 Å². The van der Waals surface area contributed by atoms with E-state index in [4.69, 9.17) is 33.9 Å². The largest absolute Gasteiger partial charge is 0.497 e. The second-order valence-corrected chi connectivity index (χ2v) is 8.25. The minimum absolute atomic E-state index is 0. The summed E-state index contributed by atoms with van der Waals surface area (Å²) in [5.41, 5.74) is 1.09. The number of rotatable bonds is 11. The van der Waals surface area contributed by atoms with Crippen LogP contribution in [0.25, 0.3) is 0 Å². The van der Waals surface area contributed by atoms with Crippen molar-refractivity contribution >= 4 is 17.9 Å².